The molecule has 0 radical (unpaired) electrons. The molecule has 1 N–H and O–H groups in total. The number of anilines is 1. The van der Waals surface area contributed by atoms with Crippen LogP contribution in [0.1, 0.15) is 15.9 Å². The summed E-state index contributed by atoms with van der Waals surface area (Å²) in [5, 5.41) is 0. The molecule has 144 valence electrons. The number of thioether (sulfide) groups is 1. The average molecular weight is 414 g/mol. The molecule has 0 heterocycles. The molecule has 0 bridgehead atoms. The number of rotatable bonds is 7. The second-order valence-electron chi connectivity index (χ2n) is 5.92. The number of sulfonamides is 1. The minimum atomic E-state index is -3.81. The Morgan fingerprint density at radius 1 is 0.964 bits per heavy atom. The van der Waals surface area contributed by atoms with Crippen LogP contribution in [0.25, 0.3) is 0 Å². The molecule has 0 saturated carbocycles. The highest BCUT2D eigenvalue weighted by Gasteiger charge is 2.16. The molecule has 0 aromatic heterocycles. The third-order valence-corrected chi connectivity index (χ3v) is 6.38. The largest absolute Gasteiger partial charge is 0.465 e. The van der Waals surface area contributed by atoms with E-state index in [9.17, 15) is 13.2 Å². The van der Waals surface area contributed by atoms with Crippen molar-refractivity contribution in [3.8, 4) is 0 Å². The van der Waals surface area contributed by atoms with Crippen LogP contribution < -0.4 is 4.72 Å². The van der Waals surface area contributed by atoms with Gasteiger partial charge in [0.25, 0.3) is 10.0 Å². The van der Waals surface area contributed by atoms with Crippen molar-refractivity contribution in [3.63, 3.8) is 0 Å². The van der Waals surface area contributed by atoms with E-state index in [4.69, 9.17) is 0 Å². The lowest BCUT2D eigenvalue weighted by molar-refractivity contribution is 0.0600. The van der Waals surface area contributed by atoms with E-state index in [1.807, 2.05) is 30.3 Å². The van der Waals surface area contributed by atoms with E-state index >= 15 is 0 Å². The number of methoxy groups -OCH3 is 1. The van der Waals surface area contributed by atoms with E-state index in [1.165, 1.54) is 36.3 Å². The van der Waals surface area contributed by atoms with Gasteiger partial charge in [0.2, 0.25) is 0 Å². The van der Waals surface area contributed by atoms with Crippen molar-refractivity contribution in [1.29, 1.82) is 0 Å². The van der Waals surface area contributed by atoms with E-state index < -0.39 is 16.0 Å². The molecule has 0 amide bonds. The fraction of sp³-hybridized carbons (Fsp3) is 0.0952. The molecule has 5 nitrogen and oxygen atoms in total. The summed E-state index contributed by atoms with van der Waals surface area (Å²) in [6.07, 6.45) is 0. The molecule has 0 saturated heterocycles. The summed E-state index contributed by atoms with van der Waals surface area (Å²) >= 11 is 1.71. The van der Waals surface area contributed by atoms with Crippen molar-refractivity contribution in [3.05, 3.63) is 90.0 Å². The first-order valence-electron chi connectivity index (χ1n) is 8.46. The minimum absolute atomic E-state index is 0.000824. The zero-order valence-electron chi connectivity index (χ0n) is 15.2. The van der Waals surface area contributed by atoms with E-state index in [1.54, 1.807) is 23.9 Å². The van der Waals surface area contributed by atoms with Crippen LogP contribution in [-0.2, 0) is 20.5 Å². The topological polar surface area (TPSA) is 72.5 Å². The quantitative estimate of drug-likeness (QED) is 0.454. The Bertz CT molecular complexity index is 1050. The normalized spacial score (nSPS) is 11.0. The monoisotopic (exact) mass is 413 g/mol. The van der Waals surface area contributed by atoms with Crippen LogP contribution in [0.3, 0.4) is 0 Å². The molecule has 0 fully saturated rings. The predicted molar refractivity (Wildman–Crippen MR) is 111 cm³/mol. The smallest absolute Gasteiger partial charge is 0.337 e. The van der Waals surface area contributed by atoms with Crippen molar-refractivity contribution in [1.82, 2.24) is 0 Å². The van der Waals surface area contributed by atoms with Crippen LogP contribution in [-0.4, -0.2) is 21.5 Å². The Labute approximate surface area is 168 Å². The highest BCUT2D eigenvalue weighted by Crippen LogP contribution is 2.24. The summed E-state index contributed by atoms with van der Waals surface area (Å²) in [7, 11) is -2.56. The second kappa shape index (κ2) is 8.95. The van der Waals surface area contributed by atoms with Gasteiger partial charge in [-0.15, -0.1) is 11.8 Å². The summed E-state index contributed by atoms with van der Waals surface area (Å²) in [4.78, 5) is 12.8. The lowest BCUT2D eigenvalue weighted by atomic mass is 10.2. The number of nitrogens with one attached hydrogen (secondary N) is 1. The van der Waals surface area contributed by atoms with Crippen molar-refractivity contribution in [2.45, 2.75) is 15.5 Å². The molecule has 28 heavy (non-hydrogen) atoms. The van der Waals surface area contributed by atoms with E-state index in [0.29, 0.717) is 5.69 Å². The van der Waals surface area contributed by atoms with Gasteiger partial charge in [0.1, 0.15) is 0 Å². The van der Waals surface area contributed by atoms with E-state index in [0.717, 1.165) is 11.3 Å². The molecule has 3 rings (SSSR count). The Kier molecular flexibility index (Phi) is 6.38. The van der Waals surface area contributed by atoms with Crippen molar-refractivity contribution >= 4 is 33.4 Å². The van der Waals surface area contributed by atoms with E-state index in [-0.39, 0.29) is 10.5 Å². The molecule has 3 aromatic carbocycles. The predicted octanol–water partition coefficient (Wildman–Crippen LogP) is 4.57. The van der Waals surface area contributed by atoms with Gasteiger partial charge in [0.15, 0.2) is 0 Å². The van der Waals surface area contributed by atoms with Gasteiger partial charge in [-0.05, 0) is 48.0 Å². The maximum atomic E-state index is 12.6. The molecular formula is C21H19NO4S2. The molecule has 0 spiro atoms. The maximum absolute atomic E-state index is 12.6. The highest BCUT2D eigenvalue weighted by molar-refractivity contribution is 7.98. The zero-order chi connectivity index (χ0) is 20.0. The molecule has 0 unspecified atom stereocenters. The van der Waals surface area contributed by atoms with Crippen LogP contribution in [0, 0.1) is 0 Å². The van der Waals surface area contributed by atoms with Gasteiger partial charge in [-0.3, -0.25) is 4.72 Å². The standard InChI is InChI=1S/C21H19NO4S2/c1-26-21(23)17-6-5-9-20(14-17)28(24,25)22-18-12-10-16(11-13-18)15-27-19-7-3-2-4-8-19/h2-14,22H,15H2,1H3. The summed E-state index contributed by atoms with van der Waals surface area (Å²) in [5.41, 5.74) is 1.72. The Morgan fingerprint density at radius 3 is 2.36 bits per heavy atom. The van der Waals surface area contributed by atoms with Crippen molar-refractivity contribution in [2.24, 2.45) is 0 Å². The van der Waals surface area contributed by atoms with Crippen molar-refractivity contribution in [2.75, 3.05) is 11.8 Å². The van der Waals surface area contributed by atoms with Gasteiger partial charge in [-0.2, -0.15) is 0 Å². The molecule has 0 aliphatic heterocycles. The molecule has 0 aliphatic rings. The molecule has 3 aromatic rings. The molecule has 0 atom stereocenters. The van der Waals surface area contributed by atoms with Crippen molar-refractivity contribution < 1.29 is 17.9 Å². The fourth-order valence-electron chi connectivity index (χ4n) is 2.47. The lowest BCUT2D eigenvalue weighted by Crippen LogP contribution is -2.14. The first-order chi connectivity index (χ1) is 13.5. The molecule has 7 heteroatoms. The molecule has 0 aliphatic carbocycles. The van der Waals surface area contributed by atoms with Crippen LogP contribution in [0.5, 0.6) is 0 Å². The van der Waals surface area contributed by atoms with Crippen LogP contribution in [0.4, 0.5) is 5.69 Å². The third kappa shape index (κ3) is 5.15. The summed E-state index contributed by atoms with van der Waals surface area (Å²) in [6.45, 7) is 0. The maximum Gasteiger partial charge on any atom is 0.337 e. The average Bonchev–Trinajstić information content (AvgIpc) is 2.73. The second-order valence-corrected chi connectivity index (χ2v) is 8.65. The first kappa shape index (κ1) is 20.0. The number of esters is 1. The van der Waals surface area contributed by atoms with Gasteiger partial charge >= 0.3 is 5.97 Å². The zero-order valence-corrected chi connectivity index (χ0v) is 16.8. The number of benzene rings is 3. The van der Waals surface area contributed by atoms with E-state index in [2.05, 4.69) is 21.6 Å². The summed E-state index contributed by atoms with van der Waals surface area (Å²) in [5.74, 6) is 0.204. The fourth-order valence-corrected chi connectivity index (χ4v) is 4.45. The highest BCUT2D eigenvalue weighted by atomic mass is 32.2. The number of hydrogen-bond acceptors (Lipinski definition) is 5. The van der Waals surface area contributed by atoms with Gasteiger partial charge in [0, 0.05) is 16.3 Å². The summed E-state index contributed by atoms with van der Waals surface area (Å²) < 4.78 is 32.4. The van der Waals surface area contributed by atoms with Crippen LogP contribution >= 0.6 is 11.8 Å². The van der Waals surface area contributed by atoms with Gasteiger partial charge in [-0.1, -0.05) is 36.4 Å². The van der Waals surface area contributed by atoms with Crippen LogP contribution in [0.15, 0.2) is 88.7 Å². The summed E-state index contributed by atoms with van der Waals surface area (Å²) in [6, 6.07) is 23.0. The Balaban J connectivity index is 1.68. The lowest BCUT2D eigenvalue weighted by Gasteiger charge is -2.10. The number of ether oxygens (including phenoxy) is 1. The van der Waals surface area contributed by atoms with Gasteiger partial charge in [0.05, 0.1) is 17.6 Å². The van der Waals surface area contributed by atoms with Crippen LogP contribution in [0.2, 0.25) is 0 Å². The number of hydrogen-bond donors (Lipinski definition) is 1. The van der Waals surface area contributed by atoms with Gasteiger partial charge < -0.3 is 4.74 Å². The Hall–Kier alpha value is -2.77. The van der Waals surface area contributed by atoms with Gasteiger partial charge in [-0.25, -0.2) is 13.2 Å². The minimum Gasteiger partial charge on any atom is -0.465 e. The number of carbonyl (C=O) groups excluding carboxylic acids is 1. The molecular weight excluding hydrogens is 394 g/mol. The number of carbonyl (C=O) groups is 1. The Morgan fingerprint density at radius 2 is 1.68 bits per heavy atom. The first-order valence-corrected chi connectivity index (χ1v) is 10.9. The third-order valence-electron chi connectivity index (χ3n) is 3.92. The SMILES string of the molecule is COC(=O)c1cccc(S(=O)(=O)Nc2ccc(CSc3ccccc3)cc2)c1.